The average Bonchev–Trinajstić information content (AvgIpc) is 2.96. The van der Waals surface area contributed by atoms with Crippen LogP contribution in [0.1, 0.15) is 36.1 Å². The zero-order chi connectivity index (χ0) is 14.2. The molecule has 1 aromatic heterocycles. The van der Waals surface area contributed by atoms with Gasteiger partial charge in [-0.15, -0.1) is 11.3 Å². The second-order valence-electron chi connectivity index (χ2n) is 5.13. The minimum Gasteiger partial charge on any atom is -0.508 e. The third-order valence-electron chi connectivity index (χ3n) is 3.47. The van der Waals surface area contributed by atoms with Crippen LogP contribution in [0.25, 0.3) is 0 Å². The normalized spacial score (nSPS) is 12.4. The van der Waals surface area contributed by atoms with Crippen molar-refractivity contribution >= 4 is 11.3 Å². The number of hydrogen-bond donors (Lipinski definition) is 2. The lowest BCUT2D eigenvalue weighted by Crippen LogP contribution is -2.23. The van der Waals surface area contributed by atoms with Gasteiger partial charge >= 0.3 is 0 Å². The molecule has 0 fully saturated rings. The van der Waals surface area contributed by atoms with Crippen molar-refractivity contribution in [2.24, 2.45) is 0 Å². The molecule has 2 aromatic rings. The van der Waals surface area contributed by atoms with Gasteiger partial charge in [0.2, 0.25) is 0 Å². The van der Waals surface area contributed by atoms with Gasteiger partial charge in [-0.25, -0.2) is 0 Å². The first-order chi connectivity index (χ1) is 9.79. The average molecular weight is 289 g/mol. The summed E-state index contributed by atoms with van der Waals surface area (Å²) in [6.45, 7) is 4.23. The number of aromatic hydroxyl groups is 1. The van der Waals surface area contributed by atoms with Crippen molar-refractivity contribution in [1.82, 2.24) is 5.32 Å². The predicted octanol–water partition coefficient (Wildman–Crippen LogP) is 4.17. The summed E-state index contributed by atoms with van der Waals surface area (Å²) in [5.41, 5.74) is 1.18. The van der Waals surface area contributed by atoms with Crippen LogP contribution in [-0.4, -0.2) is 18.2 Å². The Bertz CT molecular complexity index is 495. The number of rotatable bonds is 8. The summed E-state index contributed by atoms with van der Waals surface area (Å²) in [6.07, 6.45) is 3.41. The van der Waals surface area contributed by atoms with Gasteiger partial charge in [-0.1, -0.05) is 31.5 Å². The fraction of sp³-hybridized carbons (Fsp3) is 0.412. The fourth-order valence-corrected chi connectivity index (χ4v) is 3.30. The topological polar surface area (TPSA) is 32.3 Å². The number of hydrogen-bond acceptors (Lipinski definition) is 3. The molecule has 108 valence electrons. The van der Waals surface area contributed by atoms with Crippen LogP contribution in [0.15, 0.2) is 41.8 Å². The Morgan fingerprint density at radius 3 is 2.85 bits per heavy atom. The molecule has 1 aromatic carbocycles. The summed E-state index contributed by atoms with van der Waals surface area (Å²) in [7, 11) is 0. The van der Waals surface area contributed by atoms with Crippen LogP contribution in [0.3, 0.4) is 0 Å². The molecule has 2 rings (SSSR count). The van der Waals surface area contributed by atoms with E-state index in [1.807, 2.05) is 23.5 Å². The van der Waals surface area contributed by atoms with E-state index >= 15 is 0 Å². The molecule has 2 N–H and O–H groups in total. The molecule has 0 saturated carbocycles. The van der Waals surface area contributed by atoms with Gasteiger partial charge in [-0.2, -0.15) is 0 Å². The van der Waals surface area contributed by atoms with Crippen molar-refractivity contribution in [3.63, 3.8) is 0 Å². The van der Waals surface area contributed by atoms with E-state index in [4.69, 9.17) is 0 Å². The smallest absolute Gasteiger partial charge is 0.115 e. The van der Waals surface area contributed by atoms with Crippen molar-refractivity contribution in [1.29, 1.82) is 0 Å². The van der Waals surface area contributed by atoms with E-state index in [0.29, 0.717) is 11.7 Å². The van der Waals surface area contributed by atoms with Crippen LogP contribution in [-0.2, 0) is 6.42 Å². The van der Waals surface area contributed by atoms with Crippen LogP contribution >= 0.6 is 11.3 Å². The highest BCUT2D eigenvalue weighted by Gasteiger charge is 2.10. The molecule has 0 aliphatic heterocycles. The molecule has 20 heavy (non-hydrogen) atoms. The minimum atomic E-state index is 0.352. The molecule has 2 nitrogen and oxygen atoms in total. The first kappa shape index (κ1) is 15.1. The molecule has 1 atom stereocenters. The molecule has 0 amide bonds. The standard InChI is InChI=1S/C17H23NOS/c1-2-5-15(17-8-4-11-20-17)13-18-10-9-14-6-3-7-16(19)12-14/h3-4,6-8,11-12,15,18-19H,2,5,9-10,13H2,1H3. The summed E-state index contributed by atoms with van der Waals surface area (Å²) in [5.74, 6) is 0.981. The van der Waals surface area contributed by atoms with E-state index in [-0.39, 0.29) is 0 Å². The van der Waals surface area contributed by atoms with Crippen LogP contribution in [0.5, 0.6) is 5.75 Å². The summed E-state index contributed by atoms with van der Waals surface area (Å²) in [6, 6.07) is 11.9. The Morgan fingerprint density at radius 1 is 1.25 bits per heavy atom. The lowest BCUT2D eigenvalue weighted by atomic mass is 10.0. The van der Waals surface area contributed by atoms with Crippen molar-refractivity contribution in [2.45, 2.75) is 32.1 Å². The van der Waals surface area contributed by atoms with E-state index in [2.05, 4.69) is 35.8 Å². The maximum Gasteiger partial charge on any atom is 0.115 e. The summed E-state index contributed by atoms with van der Waals surface area (Å²) in [5, 5.41) is 15.1. The molecule has 0 spiro atoms. The maximum absolute atomic E-state index is 9.43. The number of phenols is 1. The zero-order valence-corrected chi connectivity index (χ0v) is 12.8. The molecule has 3 heteroatoms. The zero-order valence-electron chi connectivity index (χ0n) is 12.0. The summed E-state index contributed by atoms with van der Waals surface area (Å²) >= 11 is 1.85. The number of benzene rings is 1. The van der Waals surface area contributed by atoms with Gasteiger partial charge in [0.1, 0.15) is 5.75 Å². The first-order valence-electron chi connectivity index (χ1n) is 7.31. The van der Waals surface area contributed by atoms with Gasteiger partial charge in [0.25, 0.3) is 0 Å². The van der Waals surface area contributed by atoms with Gasteiger partial charge in [0.05, 0.1) is 0 Å². The molecule has 0 aliphatic rings. The predicted molar refractivity (Wildman–Crippen MR) is 86.6 cm³/mol. The van der Waals surface area contributed by atoms with Gasteiger partial charge in [-0.3, -0.25) is 0 Å². The summed E-state index contributed by atoms with van der Waals surface area (Å²) in [4.78, 5) is 1.48. The monoisotopic (exact) mass is 289 g/mol. The maximum atomic E-state index is 9.43. The second kappa shape index (κ2) is 8.08. The Morgan fingerprint density at radius 2 is 2.15 bits per heavy atom. The van der Waals surface area contributed by atoms with Crippen molar-refractivity contribution in [3.8, 4) is 5.75 Å². The van der Waals surface area contributed by atoms with Crippen molar-refractivity contribution in [3.05, 3.63) is 52.2 Å². The Labute approximate surface area is 125 Å². The molecule has 1 heterocycles. The molecule has 0 bridgehead atoms. The van der Waals surface area contributed by atoms with E-state index < -0.39 is 0 Å². The lowest BCUT2D eigenvalue weighted by molar-refractivity contribution is 0.474. The third-order valence-corrected chi connectivity index (χ3v) is 4.51. The lowest BCUT2D eigenvalue weighted by Gasteiger charge is -2.15. The van der Waals surface area contributed by atoms with E-state index in [9.17, 15) is 5.11 Å². The highest BCUT2D eigenvalue weighted by molar-refractivity contribution is 7.10. The van der Waals surface area contributed by atoms with Crippen LogP contribution in [0, 0.1) is 0 Å². The second-order valence-corrected chi connectivity index (χ2v) is 6.10. The van der Waals surface area contributed by atoms with E-state index in [0.717, 1.165) is 19.5 Å². The number of phenolic OH excluding ortho intramolecular Hbond substituents is 1. The quantitative estimate of drug-likeness (QED) is 0.715. The Hall–Kier alpha value is -1.32. The summed E-state index contributed by atoms with van der Waals surface area (Å²) < 4.78 is 0. The Kier molecular flexibility index (Phi) is 6.09. The van der Waals surface area contributed by atoms with Crippen LogP contribution in [0.2, 0.25) is 0 Å². The fourth-order valence-electron chi connectivity index (χ4n) is 2.44. The molecular formula is C17H23NOS. The van der Waals surface area contributed by atoms with Crippen LogP contribution < -0.4 is 5.32 Å². The van der Waals surface area contributed by atoms with Gasteiger partial charge in [0.15, 0.2) is 0 Å². The van der Waals surface area contributed by atoms with Gasteiger partial charge in [0, 0.05) is 17.3 Å². The van der Waals surface area contributed by atoms with Crippen molar-refractivity contribution in [2.75, 3.05) is 13.1 Å². The van der Waals surface area contributed by atoms with E-state index in [1.54, 1.807) is 6.07 Å². The number of nitrogens with one attached hydrogen (secondary N) is 1. The third kappa shape index (κ3) is 4.66. The Balaban J connectivity index is 1.76. The SMILES string of the molecule is CCCC(CNCCc1cccc(O)c1)c1cccs1. The molecule has 0 saturated heterocycles. The van der Waals surface area contributed by atoms with Gasteiger partial charge in [-0.05, 0) is 48.5 Å². The minimum absolute atomic E-state index is 0.352. The van der Waals surface area contributed by atoms with Gasteiger partial charge < -0.3 is 10.4 Å². The molecule has 0 aliphatic carbocycles. The molecule has 0 radical (unpaired) electrons. The number of thiophene rings is 1. The highest BCUT2D eigenvalue weighted by Crippen LogP contribution is 2.24. The largest absolute Gasteiger partial charge is 0.508 e. The highest BCUT2D eigenvalue weighted by atomic mass is 32.1. The first-order valence-corrected chi connectivity index (χ1v) is 8.19. The van der Waals surface area contributed by atoms with Crippen LogP contribution in [0.4, 0.5) is 0 Å². The molecular weight excluding hydrogens is 266 g/mol. The molecule has 1 unspecified atom stereocenters. The van der Waals surface area contributed by atoms with E-state index in [1.165, 1.54) is 23.3 Å². The van der Waals surface area contributed by atoms with Crippen molar-refractivity contribution < 1.29 is 5.11 Å².